The Bertz CT molecular complexity index is 595. The molecule has 108 valence electrons. The van der Waals surface area contributed by atoms with Crippen molar-refractivity contribution < 1.29 is 4.79 Å². The van der Waals surface area contributed by atoms with Gasteiger partial charge in [0.1, 0.15) is 0 Å². The van der Waals surface area contributed by atoms with Crippen LogP contribution < -0.4 is 0 Å². The molecule has 0 amide bonds. The zero-order valence-corrected chi connectivity index (χ0v) is 12.9. The Kier molecular flexibility index (Phi) is 4.99. The molecule has 2 heteroatoms. The largest absolute Gasteiger partial charge is 0.284 e. The van der Waals surface area contributed by atoms with E-state index in [1.165, 1.54) is 42.3 Å². The topological polar surface area (TPSA) is 22.0 Å². The first kappa shape index (κ1) is 14.8. The van der Waals surface area contributed by atoms with Crippen LogP contribution in [0.25, 0.3) is 10.9 Å². The molecule has 2 aromatic rings. The number of rotatable bonds is 6. The Labute approximate surface area is 121 Å². The van der Waals surface area contributed by atoms with Crippen LogP contribution in [0.4, 0.5) is 0 Å². The summed E-state index contributed by atoms with van der Waals surface area (Å²) in [5, 5.41) is 1.19. The molecular formula is C18H25NO. The normalized spacial score (nSPS) is 11.2. The van der Waals surface area contributed by atoms with Crippen molar-refractivity contribution in [3.63, 3.8) is 0 Å². The highest BCUT2D eigenvalue weighted by Gasteiger charge is 2.13. The molecule has 2 rings (SSSR count). The molecule has 20 heavy (non-hydrogen) atoms. The van der Waals surface area contributed by atoms with Crippen LogP contribution >= 0.6 is 0 Å². The van der Waals surface area contributed by atoms with Crippen molar-refractivity contribution in [2.24, 2.45) is 0 Å². The summed E-state index contributed by atoms with van der Waals surface area (Å²) in [5.74, 6) is 0.203. The van der Waals surface area contributed by atoms with Gasteiger partial charge in [-0.25, -0.2) is 0 Å². The van der Waals surface area contributed by atoms with Crippen molar-refractivity contribution in [3.05, 3.63) is 35.5 Å². The van der Waals surface area contributed by atoms with Crippen molar-refractivity contribution in [2.45, 2.75) is 59.3 Å². The maximum atomic E-state index is 12.2. The van der Waals surface area contributed by atoms with Crippen LogP contribution in [0.2, 0.25) is 0 Å². The highest BCUT2D eigenvalue weighted by molar-refractivity contribution is 5.94. The van der Waals surface area contributed by atoms with Crippen LogP contribution in [0.1, 0.15) is 62.0 Å². The molecule has 0 aliphatic carbocycles. The minimum atomic E-state index is 0.203. The third kappa shape index (κ3) is 3.12. The third-order valence-electron chi connectivity index (χ3n) is 3.87. The number of fused-ring (bicyclic) bond motifs is 1. The highest BCUT2D eigenvalue weighted by atomic mass is 16.2. The van der Waals surface area contributed by atoms with E-state index in [0.29, 0.717) is 6.42 Å². The van der Waals surface area contributed by atoms with Gasteiger partial charge in [-0.3, -0.25) is 9.36 Å². The monoisotopic (exact) mass is 271 g/mol. The second-order valence-electron chi connectivity index (χ2n) is 5.59. The number of carbonyl (C=O) groups excluding carboxylic acids is 1. The van der Waals surface area contributed by atoms with Crippen molar-refractivity contribution in [1.82, 2.24) is 4.57 Å². The number of hydrogen-bond acceptors (Lipinski definition) is 1. The Hall–Kier alpha value is -1.57. The average molecular weight is 271 g/mol. The SMILES string of the molecule is CCCCCCc1cc2cc(C)ccc2n1C(=O)CC. The molecule has 0 N–H and O–H groups in total. The Morgan fingerprint density at radius 3 is 2.60 bits per heavy atom. The molecule has 0 radical (unpaired) electrons. The summed E-state index contributed by atoms with van der Waals surface area (Å²) in [6.07, 6.45) is 6.49. The molecule has 1 aromatic carbocycles. The molecule has 0 atom stereocenters. The Morgan fingerprint density at radius 2 is 1.90 bits per heavy atom. The second kappa shape index (κ2) is 6.74. The van der Waals surface area contributed by atoms with Crippen LogP contribution in [0, 0.1) is 6.92 Å². The molecular weight excluding hydrogens is 246 g/mol. The quantitative estimate of drug-likeness (QED) is 0.668. The van der Waals surface area contributed by atoms with E-state index in [0.717, 1.165) is 11.9 Å². The molecule has 0 saturated carbocycles. The molecule has 1 heterocycles. The molecule has 1 aromatic heterocycles. The lowest BCUT2D eigenvalue weighted by atomic mass is 10.1. The van der Waals surface area contributed by atoms with Crippen LogP contribution in [0.15, 0.2) is 24.3 Å². The van der Waals surface area contributed by atoms with Gasteiger partial charge >= 0.3 is 0 Å². The van der Waals surface area contributed by atoms with Crippen LogP contribution in [0.3, 0.4) is 0 Å². The molecule has 0 unspecified atom stereocenters. The predicted octanol–water partition coefficient (Wildman–Crippen LogP) is 5.12. The standard InChI is InChI=1S/C18H25NO/c1-4-6-7-8-9-16-13-15-12-14(3)10-11-17(15)19(16)18(20)5-2/h10-13H,4-9H2,1-3H3. The molecule has 0 saturated heterocycles. The van der Waals surface area contributed by atoms with E-state index in [4.69, 9.17) is 0 Å². The van der Waals surface area contributed by atoms with Gasteiger partial charge < -0.3 is 0 Å². The number of aryl methyl sites for hydroxylation is 2. The van der Waals surface area contributed by atoms with E-state index < -0.39 is 0 Å². The Balaban J connectivity index is 2.33. The van der Waals surface area contributed by atoms with E-state index in [1.807, 2.05) is 11.5 Å². The molecule has 0 bridgehead atoms. The van der Waals surface area contributed by atoms with Gasteiger partial charge in [0, 0.05) is 17.5 Å². The van der Waals surface area contributed by atoms with Gasteiger partial charge in [-0.1, -0.05) is 44.7 Å². The summed E-state index contributed by atoms with van der Waals surface area (Å²) in [7, 11) is 0. The van der Waals surface area contributed by atoms with E-state index in [-0.39, 0.29) is 5.91 Å². The Morgan fingerprint density at radius 1 is 1.10 bits per heavy atom. The van der Waals surface area contributed by atoms with Gasteiger partial charge in [0.25, 0.3) is 0 Å². The van der Waals surface area contributed by atoms with Crippen molar-refractivity contribution >= 4 is 16.8 Å². The van der Waals surface area contributed by atoms with Gasteiger partial charge in [-0.15, -0.1) is 0 Å². The van der Waals surface area contributed by atoms with Gasteiger partial charge in [0.2, 0.25) is 5.91 Å². The predicted molar refractivity (Wildman–Crippen MR) is 85.4 cm³/mol. The molecule has 2 nitrogen and oxygen atoms in total. The minimum Gasteiger partial charge on any atom is -0.284 e. The van der Waals surface area contributed by atoms with E-state index in [1.54, 1.807) is 0 Å². The first-order chi connectivity index (χ1) is 9.67. The zero-order chi connectivity index (χ0) is 14.5. The molecule has 0 aliphatic heterocycles. The van der Waals surface area contributed by atoms with E-state index in [9.17, 15) is 4.79 Å². The number of carbonyl (C=O) groups is 1. The summed E-state index contributed by atoms with van der Waals surface area (Å²) in [4.78, 5) is 12.2. The lowest BCUT2D eigenvalue weighted by Gasteiger charge is -2.08. The lowest BCUT2D eigenvalue weighted by molar-refractivity contribution is 0.0911. The fourth-order valence-electron chi connectivity index (χ4n) is 2.76. The first-order valence-electron chi connectivity index (χ1n) is 7.81. The minimum absolute atomic E-state index is 0.203. The van der Waals surface area contributed by atoms with Gasteiger partial charge in [0.15, 0.2) is 0 Å². The van der Waals surface area contributed by atoms with Crippen molar-refractivity contribution in [1.29, 1.82) is 0 Å². The first-order valence-corrected chi connectivity index (χ1v) is 7.81. The fraction of sp³-hybridized carbons (Fsp3) is 0.500. The maximum Gasteiger partial charge on any atom is 0.231 e. The van der Waals surface area contributed by atoms with Gasteiger partial charge in [0.05, 0.1) is 5.52 Å². The molecule has 0 aliphatic rings. The molecule has 0 spiro atoms. The zero-order valence-electron chi connectivity index (χ0n) is 12.9. The maximum absolute atomic E-state index is 12.2. The number of aromatic nitrogens is 1. The number of nitrogens with zero attached hydrogens (tertiary/aromatic N) is 1. The fourth-order valence-corrected chi connectivity index (χ4v) is 2.76. The average Bonchev–Trinajstić information content (AvgIpc) is 2.80. The summed E-state index contributed by atoms with van der Waals surface area (Å²) in [5.41, 5.74) is 3.48. The van der Waals surface area contributed by atoms with Crippen LogP contribution in [0.5, 0.6) is 0 Å². The van der Waals surface area contributed by atoms with Crippen LogP contribution in [-0.4, -0.2) is 10.5 Å². The van der Waals surface area contributed by atoms with Crippen molar-refractivity contribution in [2.75, 3.05) is 0 Å². The summed E-state index contributed by atoms with van der Waals surface area (Å²) in [6, 6.07) is 8.53. The van der Waals surface area contributed by atoms with E-state index in [2.05, 4.69) is 38.1 Å². The smallest absolute Gasteiger partial charge is 0.231 e. The lowest BCUT2D eigenvalue weighted by Crippen LogP contribution is -2.12. The van der Waals surface area contributed by atoms with E-state index >= 15 is 0 Å². The highest BCUT2D eigenvalue weighted by Crippen LogP contribution is 2.23. The molecule has 0 fully saturated rings. The summed E-state index contributed by atoms with van der Waals surface area (Å²) < 4.78 is 1.93. The summed E-state index contributed by atoms with van der Waals surface area (Å²) >= 11 is 0. The van der Waals surface area contributed by atoms with Crippen LogP contribution in [-0.2, 0) is 6.42 Å². The second-order valence-corrected chi connectivity index (χ2v) is 5.59. The number of benzene rings is 1. The summed E-state index contributed by atoms with van der Waals surface area (Å²) in [6.45, 7) is 6.25. The van der Waals surface area contributed by atoms with Crippen molar-refractivity contribution in [3.8, 4) is 0 Å². The number of unbranched alkanes of at least 4 members (excludes halogenated alkanes) is 3. The van der Waals surface area contributed by atoms with Gasteiger partial charge in [-0.2, -0.15) is 0 Å². The third-order valence-corrected chi connectivity index (χ3v) is 3.87. The number of hydrogen-bond donors (Lipinski definition) is 0. The van der Waals surface area contributed by atoms with Gasteiger partial charge in [-0.05, 0) is 38.0 Å².